The summed E-state index contributed by atoms with van der Waals surface area (Å²) >= 11 is 0. The van der Waals surface area contributed by atoms with Crippen LogP contribution in [0.3, 0.4) is 0 Å². The Labute approximate surface area is 189 Å². The molecule has 32 heavy (non-hydrogen) atoms. The van der Waals surface area contributed by atoms with Crippen molar-refractivity contribution in [3.63, 3.8) is 0 Å². The Balaban J connectivity index is 2.21. The van der Waals surface area contributed by atoms with Crippen LogP contribution in [-0.4, -0.2) is 100 Å². The molecular weight excluding hydrogens is 408 g/mol. The maximum absolute atomic E-state index is 13.6. The highest BCUT2D eigenvalue weighted by Crippen LogP contribution is 2.43. The summed E-state index contributed by atoms with van der Waals surface area (Å²) in [5, 5.41) is 20.8. The Morgan fingerprint density at radius 3 is 1.22 bits per heavy atom. The molecule has 0 atom stereocenters. The second kappa shape index (κ2) is 9.18. The molecule has 3 rings (SSSR count). The molecule has 2 aromatic rings. The zero-order valence-electron chi connectivity index (χ0n) is 19.6. The number of nitrogens with zero attached hydrogens (tertiary/aromatic N) is 4. The number of carbonyl (C=O) groups is 2. The number of carbonyl (C=O) groups excluding carboxylic acids is 2. The topological polar surface area (TPSA) is 87.6 Å². The van der Waals surface area contributed by atoms with E-state index < -0.39 is 11.6 Å². The highest BCUT2D eigenvalue weighted by atomic mass is 16.3. The summed E-state index contributed by atoms with van der Waals surface area (Å²) in [7, 11) is 11.6. The molecule has 0 bridgehead atoms. The van der Waals surface area contributed by atoms with Gasteiger partial charge in [-0.15, -0.1) is 0 Å². The first-order valence-corrected chi connectivity index (χ1v) is 10.6. The summed E-state index contributed by atoms with van der Waals surface area (Å²) in [6.45, 7) is 2.83. The molecule has 0 spiro atoms. The van der Waals surface area contributed by atoms with E-state index in [9.17, 15) is 19.8 Å². The van der Waals surface area contributed by atoms with Crippen LogP contribution >= 0.6 is 0 Å². The van der Waals surface area contributed by atoms with Gasteiger partial charge in [0.05, 0.1) is 22.3 Å². The number of aromatic hydroxyl groups is 2. The lowest BCUT2D eigenvalue weighted by molar-refractivity contribution is 0.0975. The Kier molecular flexibility index (Phi) is 6.76. The SMILES string of the molecule is CN(C)CCN(C)c1ccc(N(C)CCN(C)C)c2c1C(=O)c1c(O)ccc(O)c1C2=O. The summed E-state index contributed by atoms with van der Waals surface area (Å²) in [5.74, 6) is -1.54. The molecule has 2 N–H and O–H groups in total. The molecule has 0 saturated heterocycles. The number of hydrogen-bond acceptors (Lipinski definition) is 8. The van der Waals surface area contributed by atoms with Crippen molar-refractivity contribution in [2.45, 2.75) is 0 Å². The van der Waals surface area contributed by atoms with Gasteiger partial charge in [0.25, 0.3) is 0 Å². The van der Waals surface area contributed by atoms with E-state index in [0.717, 1.165) is 13.1 Å². The highest BCUT2D eigenvalue weighted by Gasteiger charge is 2.39. The molecule has 0 heterocycles. The van der Waals surface area contributed by atoms with Gasteiger partial charge in [0.2, 0.25) is 11.6 Å². The van der Waals surface area contributed by atoms with Gasteiger partial charge in [0.15, 0.2) is 0 Å². The monoisotopic (exact) mass is 440 g/mol. The van der Waals surface area contributed by atoms with Crippen LogP contribution < -0.4 is 9.80 Å². The predicted molar refractivity (Wildman–Crippen MR) is 127 cm³/mol. The molecular formula is C24H32N4O4. The molecule has 8 nitrogen and oxygen atoms in total. The van der Waals surface area contributed by atoms with Gasteiger partial charge in [-0.2, -0.15) is 0 Å². The number of benzene rings is 2. The van der Waals surface area contributed by atoms with Crippen molar-refractivity contribution in [2.24, 2.45) is 0 Å². The molecule has 8 heteroatoms. The predicted octanol–water partition coefficient (Wildman–Crippen LogP) is 1.87. The van der Waals surface area contributed by atoms with Crippen LogP contribution in [0.4, 0.5) is 11.4 Å². The van der Waals surface area contributed by atoms with Gasteiger partial charge in [-0.25, -0.2) is 0 Å². The molecule has 0 radical (unpaired) electrons. The normalized spacial score (nSPS) is 12.9. The summed E-state index contributed by atoms with van der Waals surface area (Å²) in [4.78, 5) is 35.3. The Morgan fingerprint density at radius 1 is 0.562 bits per heavy atom. The van der Waals surface area contributed by atoms with Crippen molar-refractivity contribution in [1.82, 2.24) is 9.80 Å². The minimum atomic E-state index is -0.461. The van der Waals surface area contributed by atoms with E-state index >= 15 is 0 Å². The molecule has 0 aliphatic heterocycles. The molecule has 1 aliphatic rings. The number of phenols is 2. The smallest absolute Gasteiger partial charge is 0.200 e. The molecule has 0 amide bonds. The number of likely N-dealkylation sites (N-methyl/N-ethyl adjacent to an activating group) is 4. The number of fused-ring (bicyclic) bond motifs is 2. The third-order valence-electron chi connectivity index (χ3n) is 5.82. The van der Waals surface area contributed by atoms with E-state index in [1.165, 1.54) is 12.1 Å². The Bertz CT molecular complexity index is 967. The van der Waals surface area contributed by atoms with Crippen molar-refractivity contribution < 1.29 is 19.8 Å². The quantitative estimate of drug-likeness (QED) is 0.514. The van der Waals surface area contributed by atoms with Gasteiger partial charge in [0.1, 0.15) is 11.5 Å². The van der Waals surface area contributed by atoms with E-state index in [1.54, 1.807) is 0 Å². The first-order valence-electron chi connectivity index (χ1n) is 10.6. The molecule has 172 valence electrons. The standard InChI is InChI=1S/C24H32N4O4/c1-25(2)11-13-27(5)15-7-8-16(28(6)14-12-26(3)4)20-19(15)23(31)21-17(29)9-10-18(30)22(21)24(20)32/h7-10,29-30H,11-14H2,1-6H3. The van der Waals surface area contributed by atoms with E-state index in [1.807, 2.05) is 74.0 Å². The third-order valence-corrected chi connectivity index (χ3v) is 5.82. The van der Waals surface area contributed by atoms with Crippen molar-refractivity contribution >= 4 is 22.9 Å². The molecule has 0 aromatic heterocycles. The fourth-order valence-electron chi connectivity index (χ4n) is 3.91. The molecule has 0 unspecified atom stereocenters. The molecule has 0 saturated carbocycles. The van der Waals surface area contributed by atoms with Crippen molar-refractivity contribution in [3.05, 3.63) is 46.5 Å². The fraction of sp³-hybridized carbons (Fsp3) is 0.417. The van der Waals surface area contributed by atoms with Gasteiger partial charge in [0, 0.05) is 51.6 Å². The largest absolute Gasteiger partial charge is 0.507 e. The number of ketones is 2. The summed E-state index contributed by atoms with van der Waals surface area (Å²) in [5.41, 5.74) is 1.49. The van der Waals surface area contributed by atoms with Crippen LogP contribution in [0.5, 0.6) is 11.5 Å². The lowest BCUT2D eigenvalue weighted by Crippen LogP contribution is -2.34. The lowest BCUT2D eigenvalue weighted by Gasteiger charge is -2.31. The van der Waals surface area contributed by atoms with Gasteiger partial charge in [-0.05, 0) is 52.5 Å². The molecule has 2 aromatic carbocycles. The van der Waals surface area contributed by atoms with Crippen LogP contribution in [0.25, 0.3) is 0 Å². The number of anilines is 2. The van der Waals surface area contributed by atoms with Crippen LogP contribution in [0.15, 0.2) is 24.3 Å². The second-order valence-corrected chi connectivity index (χ2v) is 8.82. The van der Waals surface area contributed by atoms with Gasteiger partial charge >= 0.3 is 0 Å². The third kappa shape index (κ3) is 4.28. The summed E-state index contributed by atoms with van der Waals surface area (Å²) in [6.07, 6.45) is 0. The first kappa shape index (κ1) is 23.6. The summed E-state index contributed by atoms with van der Waals surface area (Å²) < 4.78 is 0. The Hall–Kier alpha value is -3.10. The first-order chi connectivity index (χ1) is 15.0. The van der Waals surface area contributed by atoms with Gasteiger partial charge < -0.3 is 29.8 Å². The van der Waals surface area contributed by atoms with Crippen LogP contribution in [0.2, 0.25) is 0 Å². The summed E-state index contributed by atoms with van der Waals surface area (Å²) in [6, 6.07) is 6.19. The van der Waals surface area contributed by atoms with Crippen molar-refractivity contribution in [2.75, 3.05) is 78.3 Å². The lowest BCUT2D eigenvalue weighted by atomic mass is 9.81. The van der Waals surface area contributed by atoms with Gasteiger partial charge in [-0.3, -0.25) is 9.59 Å². The average Bonchev–Trinajstić information content (AvgIpc) is 2.74. The maximum atomic E-state index is 13.6. The van der Waals surface area contributed by atoms with E-state index in [4.69, 9.17) is 0 Å². The zero-order chi connectivity index (χ0) is 23.7. The second-order valence-electron chi connectivity index (χ2n) is 8.82. The molecule has 0 fully saturated rings. The fourth-order valence-corrected chi connectivity index (χ4v) is 3.91. The highest BCUT2D eigenvalue weighted by molar-refractivity contribution is 6.33. The van der Waals surface area contributed by atoms with Crippen molar-refractivity contribution in [1.29, 1.82) is 0 Å². The maximum Gasteiger partial charge on any atom is 0.200 e. The van der Waals surface area contributed by atoms with Crippen LogP contribution in [0.1, 0.15) is 31.8 Å². The average molecular weight is 441 g/mol. The minimum absolute atomic E-state index is 0.141. The van der Waals surface area contributed by atoms with Crippen molar-refractivity contribution in [3.8, 4) is 11.5 Å². The van der Waals surface area contributed by atoms with E-state index in [0.29, 0.717) is 24.5 Å². The Morgan fingerprint density at radius 2 is 0.906 bits per heavy atom. The van der Waals surface area contributed by atoms with Gasteiger partial charge in [-0.1, -0.05) is 0 Å². The van der Waals surface area contributed by atoms with E-state index in [2.05, 4.69) is 0 Å². The number of phenolic OH excluding ortho intramolecular Hbond substituents is 2. The molecule has 1 aliphatic carbocycles. The minimum Gasteiger partial charge on any atom is -0.507 e. The number of rotatable bonds is 8. The van der Waals surface area contributed by atoms with E-state index in [-0.39, 0.29) is 33.8 Å². The number of hydrogen-bond donors (Lipinski definition) is 2. The van der Waals surface area contributed by atoms with Crippen LogP contribution in [-0.2, 0) is 0 Å². The van der Waals surface area contributed by atoms with Crippen LogP contribution in [0, 0.1) is 0 Å². The zero-order valence-corrected chi connectivity index (χ0v) is 19.6.